The average Bonchev–Trinajstić information content (AvgIpc) is 3.35. The number of carbonyl (C=O) groups excluding carboxylic acids is 1. The molecule has 1 aliphatic rings. The second kappa shape index (κ2) is 7.84. The molecule has 0 aliphatic heterocycles. The molecule has 9 heteroatoms. The van der Waals surface area contributed by atoms with Crippen LogP contribution in [-0.4, -0.2) is 37.4 Å². The van der Waals surface area contributed by atoms with E-state index >= 15 is 0 Å². The fraction of sp³-hybridized carbons (Fsp3) is 0.650. The molecule has 1 aliphatic carbocycles. The molecule has 0 spiro atoms. The molecule has 0 saturated heterocycles. The number of carbonyl (C=O) groups is 1. The van der Waals surface area contributed by atoms with Gasteiger partial charge < -0.3 is 4.90 Å². The Balaban J connectivity index is 1.72. The molecule has 2 aromatic heterocycles. The van der Waals surface area contributed by atoms with Gasteiger partial charge in [0.2, 0.25) is 5.91 Å². The standard InChI is InChI=1S/C20H28F3N5O/c1-6-27-14(4)16(13(3)24-27)11-26(5)19(29)12(2)10-28-17(15-7-8-15)9-18(25-28)20(21,22)23/h9,12,15H,6-8,10-11H2,1-5H3. The van der Waals surface area contributed by atoms with Gasteiger partial charge in [-0.2, -0.15) is 23.4 Å². The van der Waals surface area contributed by atoms with Crippen molar-refractivity contribution >= 4 is 5.91 Å². The van der Waals surface area contributed by atoms with Crippen molar-refractivity contribution in [1.29, 1.82) is 0 Å². The Morgan fingerprint density at radius 1 is 1.28 bits per heavy atom. The van der Waals surface area contributed by atoms with Gasteiger partial charge in [-0.15, -0.1) is 0 Å². The molecular formula is C20H28F3N5O. The summed E-state index contributed by atoms with van der Waals surface area (Å²) in [5, 5.41) is 8.23. The van der Waals surface area contributed by atoms with Crippen LogP contribution < -0.4 is 0 Å². The lowest BCUT2D eigenvalue weighted by Crippen LogP contribution is -2.34. The van der Waals surface area contributed by atoms with Crippen LogP contribution in [0.1, 0.15) is 60.9 Å². The SMILES string of the molecule is CCn1nc(C)c(CN(C)C(=O)C(C)Cn2nc(C(F)(F)F)cc2C2CC2)c1C. The maximum absolute atomic E-state index is 13.1. The molecule has 1 saturated carbocycles. The van der Waals surface area contributed by atoms with Gasteiger partial charge >= 0.3 is 6.18 Å². The number of hydrogen-bond donors (Lipinski definition) is 0. The summed E-state index contributed by atoms with van der Waals surface area (Å²) in [7, 11) is 1.72. The molecule has 29 heavy (non-hydrogen) atoms. The highest BCUT2D eigenvalue weighted by molar-refractivity contribution is 5.78. The highest BCUT2D eigenvalue weighted by Gasteiger charge is 2.38. The van der Waals surface area contributed by atoms with Gasteiger partial charge in [-0.1, -0.05) is 6.92 Å². The molecule has 1 atom stereocenters. The molecule has 2 aromatic rings. The smallest absolute Gasteiger partial charge is 0.341 e. The fourth-order valence-electron chi connectivity index (χ4n) is 3.72. The van der Waals surface area contributed by atoms with Crippen molar-refractivity contribution in [3.8, 4) is 0 Å². The number of halogens is 3. The minimum absolute atomic E-state index is 0.115. The van der Waals surface area contributed by atoms with Crippen LogP contribution in [0.15, 0.2) is 6.07 Å². The zero-order valence-electron chi connectivity index (χ0n) is 17.5. The number of hydrogen-bond acceptors (Lipinski definition) is 3. The van der Waals surface area contributed by atoms with Crippen LogP contribution in [0, 0.1) is 19.8 Å². The molecule has 0 radical (unpaired) electrons. The lowest BCUT2D eigenvalue weighted by molar-refractivity contribution is -0.141. The maximum Gasteiger partial charge on any atom is 0.435 e. The molecule has 0 N–H and O–H groups in total. The minimum Gasteiger partial charge on any atom is -0.341 e. The number of rotatable bonds is 7. The monoisotopic (exact) mass is 411 g/mol. The number of alkyl halides is 3. The highest BCUT2D eigenvalue weighted by atomic mass is 19.4. The molecule has 1 amide bonds. The van der Waals surface area contributed by atoms with Crippen molar-refractivity contribution in [2.45, 2.75) is 72.3 Å². The van der Waals surface area contributed by atoms with Gasteiger partial charge in [0, 0.05) is 43.0 Å². The molecular weight excluding hydrogens is 383 g/mol. The first-order valence-corrected chi connectivity index (χ1v) is 9.95. The molecule has 160 valence electrons. The van der Waals surface area contributed by atoms with E-state index in [1.165, 1.54) is 4.68 Å². The number of amides is 1. The Morgan fingerprint density at radius 2 is 1.93 bits per heavy atom. The van der Waals surface area contributed by atoms with E-state index in [1.807, 2.05) is 25.5 Å². The Labute approximate surface area is 168 Å². The second-order valence-electron chi connectivity index (χ2n) is 7.97. The highest BCUT2D eigenvalue weighted by Crippen LogP contribution is 2.42. The molecule has 2 heterocycles. The quantitative estimate of drug-likeness (QED) is 0.694. The first-order valence-electron chi connectivity index (χ1n) is 9.95. The van der Waals surface area contributed by atoms with E-state index < -0.39 is 17.8 Å². The van der Waals surface area contributed by atoms with Crippen LogP contribution in [0.4, 0.5) is 13.2 Å². The Hall–Kier alpha value is -2.32. The van der Waals surface area contributed by atoms with E-state index in [4.69, 9.17) is 0 Å². The van der Waals surface area contributed by atoms with Crippen molar-refractivity contribution in [3.05, 3.63) is 34.4 Å². The van der Waals surface area contributed by atoms with E-state index in [1.54, 1.807) is 18.9 Å². The predicted molar refractivity (Wildman–Crippen MR) is 102 cm³/mol. The van der Waals surface area contributed by atoms with E-state index in [2.05, 4.69) is 10.2 Å². The normalized spacial score (nSPS) is 15.6. The summed E-state index contributed by atoms with van der Waals surface area (Å²) in [4.78, 5) is 14.5. The summed E-state index contributed by atoms with van der Waals surface area (Å²) in [5.41, 5.74) is 2.61. The van der Waals surface area contributed by atoms with Crippen molar-refractivity contribution in [3.63, 3.8) is 0 Å². The summed E-state index contributed by atoms with van der Waals surface area (Å²) < 4.78 is 42.5. The molecule has 1 unspecified atom stereocenters. The van der Waals surface area contributed by atoms with E-state index in [9.17, 15) is 18.0 Å². The van der Waals surface area contributed by atoms with Gasteiger partial charge in [-0.05, 0) is 39.7 Å². The fourth-order valence-corrected chi connectivity index (χ4v) is 3.72. The summed E-state index contributed by atoms with van der Waals surface area (Å²) in [5.74, 6) is -0.497. The lowest BCUT2D eigenvalue weighted by Gasteiger charge is -2.22. The predicted octanol–water partition coefficient (Wildman–Crippen LogP) is 3.91. The Kier molecular flexibility index (Phi) is 5.78. The number of nitrogens with zero attached hydrogens (tertiary/aromatic N) is 5. The van der Waals surface area contributed by atoms with Gasteiger partial charge in [-0.25, -0.2) is 0 Å². The number of aromatic nitrogens is 4. The average molecular weight is 411 g/mol. The van der Waals surface area contributed by atoms with Crippen LogP contribution in [0.2, 0.25) is 0 Å². The minimum atomic E-state index is -4.48. The summed E-state index contributed by atoms with van der Waals surface area (Å²) in [6.45, 7) is 8.95. The third kappa shape index (κ3) is 4.48. The van der Waals surface area contributed by atoms with Crippen LogP contribution >= 0.6 is 0 Å². The van der Waals surface area contributed by atoms with E-state index in [-0.39, 0.29) is 18.4 Å². The van der Waals surface area contributed by atoms with Gasteiger partial charge in [0.25, 0.3) is 0 Å². The molecule has 6 nitrogen and oxygen atoms in total. The zero-order valence-corrected chi connectivity index (χ0v) is 17.5. The Morgan fingerprint density at radius 3 is 2.45 bits per heavy atom. The van der Waals surface area contributed by atoms with Crippen molar-refractivity contribution in [2.24, 2.45) is 5.92 Å². The van der Waals surface area contributed by atoms with Gasteiger partial charge in [-0.3, -0.25) is 14.2 Å². The van der Waals surface area contributed by atoms with Crippen LogP contribution in [-0.2, 0) is 30.6 Å². The van der Waals surface area contributed by atoms with E-state index in [0.717, 1.165) is 42.4 Å². The molecule has 3 rings (SSSR count). The van der Waals surface area contributed by atoms with Crippen molar-refractivity contribution < 1.29 is 18.0 Å². The van der Waals surface area contributed by atoms with Crippen LogP contribution in [0.3, 0.4) is 0 Å². The van der Waals surface area contributed by atoms with E-state index in [0.29, 0.717) is 12.2 Å². The first kappa shape index (κ1) is 21.4. The maximum atomic E-state index is 13.1. The van der Waals surface area contributed by atoms with Gasteiger partial charge in [0.1, 0.15) is 0 Å². The lowest BCUT2D eigenvalue weighted by atomic mass is 10.1. The zero-order chi connectivity index (χ0) is 21.5. The second-order valence-corrected chi connectivity index (χ2v) is 7.97. The van der Waals surface area contributed by atoms with Crippen molar-refractivity contribution in [1.82, 2.24) is 24.5 Å². The third-order valence-electron chi connectivity index (χ3n) is 5.57. The van der Waals surface area contributed by atoms with Gasteiger partial charge in [0.15, 0.2) is 5.69 Å². The first-order chi connectivity index (χ1) is 13.5. The molecule has 0 bridgehead atoms. The summed E-state index contributed by atoms with van der Waals surface area (Å²) >= 11 is 0. The topological polar surface area (TPSA) is 56.0 Å². The summed E-state index contributed by atoms with van der Waals surface area (Å²) in [6.07, 6.45) is -2.75. The molecule has 0 aromatic carbocycles. The van der Waals surface area contributed by atoms with Crippen molar-refractivity contribution in [2.75, 3.05) is 7.05 Å². The summed E-state index contributed by atoms with van der Waals surface area (Å²) in [6, 6.07) is 1.13. The van der Waals surface area contributed by atoms with Crippen LogP contribution in [0.25, 0.3) is 0 Å². The van der Waals surface area contributed by atoms with Crippen LogP contribution in [0.5, 0.6) is 0 Å². The largest absolute Gasteiger partial charge is 0.435 e. The van der Waals surface area contributed by atoms with Gasteiger partial charge in [0.05, 0.1) is 18.2 Å². The third-order valence-corrected chi connectivity index (χ3v) is 5.57. The Bertz CT molecular complexity index is 895. The molecule has 1 fully saturated rings. The number of aryl methyl sites for hydroxylation is 2.